The van der Waals surface area contributed by atoms with Crippen LogP contribution in [0, 0.1) is 18.8 Å². The number of H-pyrrole nitrogens is 1. The molecule has 0 saturated carbocycles. The molecule has 7 heteroatoms. The van der Waals surface area contributed by atoms with Crippen molar-refractivity contribution < 1.29 is 9.59 Å². The van der Waals surface area contributed by atoms with Crippen molar-refractivity contribution in [2.45, 2.75) is 27.2 Å². The zero-order chi connectivity index (χ0) is 14.0. The van der Waals surface area contributed by atoms with Crippen LogP contribution in [0.5, 0.6) is 0 Å². The minimum absolute atomic E-state index is 0.0417. The first-order valence-corrected chi connectivity index (χ1v) is 6.43. The lowest BCUT2D eigenvalue weighted by atomic mass is 10.1. The van der Waals surface area contributed by atoms with Gasteiger partial charge in [-0.2, -0.15) is 4.98 Å². The van der Waals surface area contributed by atoms with Crippen LogP contribution in [0.3, 0.4) is 0 Å². The molecule has 0 bridgehead atoms. The lowest BCUT2D eigenvalue weighted by molar-refractivity contribution is -0.128. The van der Waals surface area contributed by atoms with Gasteiger partial charge in [-0.1, -0.05) is 13.8 Å². The second kappa shape index (κ2) is 5.38. The summed E-state index contributed by atoms with van der Waals surface area (Å²) in [5.41, 5.74) is 0. The van der Waals surface area contributed by atoms with Gasteiger partial charge in [-0.05, 0) is 12.8 Å². The van der Waals surface area contributed by atoms with E-state index in [0.717, 1.165) is 0 Å². The molecule has 1 aromatic rings. The van der Waals surface area contributed by atoms with Gasteiger partial charge in [0.05, 0.1) is 5.92 Å². The highest BCUT2D eigenvalue weighted by atomic mass is 16.2. The topological polar surface area (TPSA) is 91.0 Å². The normalized spacial score (nSPS) is 19.3. The lowest BCUT2D eigenvalue weighted by Crippen LogP contribution is -2.31. The van der Waals surface area contributed by atoms with Crippen molar-refractivity contribution in [3.63, 3.8) is 0 Å². The molecule has 2 heterocycles. The first kappa shape index (κ1) is 13.5. The SMILES string of the molecule is Cc1nc(NC(=O)C2CC(=O)N(CC(C)C)C2)n[nH]1. The number of aryl methyl sites for hydroxylation is 1. The third-order valence-electron chi connectivity index (χ3n) is 3.00. The summed E-state index contributed by atoms with van der Waals surface area (Å²) in [6.07, 6.45) is 0.266. The summed E-state index contributed by atoms with van der Waals surface area (Å²) < 4.78 is 0. The molecule has 0 radical (unpaired) electrons. The van der Waals surface area contributed by atoms with E-state index in [0.29, 0.717) is 24.8 Å². The molecular weight excluding hydrogens is 246 g/mol. The predicted molar refractivity (Wildman–Crippen MR) is 69.3 cm³/mol. The Balaban J connectivity index is 1.92. The molecule has 19 heavy (non-hydrogen) atoms. The molecule has 2 amide bonds. The summed E-state index contributed by atoms with van der Waals surface area (Å²) in [6.45, 7) is 7.04. The van der Waals surface area contributed by atoms with Gasteiger partial charge in [0.15, 0.2) is 0 Å². The van der Waals surface area contributed by atoms with E-state index in [-0.39, 0.29) is 30.1 Å². The van der Waals surface area contributed by atoms with Gasteiger partial charge in [-0.25, -0.2) is 0 Å². The number of nitrogens with one attached hydrogen (secondary N) is 2. The van der Waals surface area contributed by atoms with E-state index in [4.69, 9.17) is 0 Å². The minimum Gasteiger partial charge on any atom is -0.342 e. The van der Waals surface area contributed by atoms with Crippen molar-refractivity contribution in [1.82, 2.24) is 20.1 Å². The third kappa shape index (κ3) is 3.30. The number of rotatable bonds is 4. The van der Waals surface area contributed by atoms with Gasteiger partial charge < -0.3 is 4.90 Å². The van der Waals surface area contributed by atoms with Crippen LogP contribution in [0.4, 0.5) is 5.95 Å². The van der Waals surface area contributed by atoms with Crippen LogP contribution < -0.4 is 5.32 Å². The van der Waals surface area contributed by atoms with Crippen molar-refractivity contribution >= 4 is 17.8 Å². The van der Waals surface area contributed by atoms with Crippen LogP contribution >= 0.6 is 0 Å². The van der Waals surface area contributed by atoms with E-state index in [1.165, 1.54) is 0 Å². The number of nitrogens with zero attached hydrogens (tertiary/aromatic N) is 3. The highest BCUT2D eigenvalue weighted by Gasteiger charge is 2.34. The zero-order valence-corrected chi connectivity index (χ0v) is 11.4. The van der Waals surface area contributed by atoms with E-state index in [2.05, 4.69) is 34.3 Å². The van der Waals surface area contributed by atoms with Gasteiger partial charge in [0, 0.05) is 19.5 Å². The number of aromatic amines is 1. The summed E-state index contributed by atoms with van der Waals surface area (Å²) in [7, 11) is 0. The van der Waals surface area contributed by atoms with E-state index >= 15 is 0 Å². The zero-order valence-electron chi connectivity index (χ0n) is 11.4. The van der Waals surface area contributed by atoms with E-state index < -0.39 is 0 Å². The third-order valence-corrected chi connectivity index (χ3v) is 3.00. The first-order chi connectivity index (χ1) is 8.95. The molecule has 0 aromatic carbocycles. The number of hydrogen-bond donors (Lipinski definition) is 2. The quantitative estimate of drug-likeness (QED) is 0.832. The molecule has 1 saturated heterocycles. The van der Waals surface area contributed by atoms with E-state index in [9.17, 15) is 9.59 Å². The molecule has 1 aromatic heterocycles. The molecule has 1 aliphatic rings. The Kier molecular flexibility index (Phi) is 3.82. The smallest absolute Gasteiger partial charge is 0.248 e. The van der Waals surface area contributed by atoms with Crippen molar-refractivity contribution in [2.75, 3.05) is 18.4 Å². The number of anilines is 1. The molecule has 1 fully saturated rings. The van der Waals surface area contributed by atoms with E-state index in [1.54, 1.807) is 11.8 Å². The Bertz CT molecular complexity index is 482. The van der Waals surface area contributed by atoms with Crippen molar-refractivity contribution in [3.05, 3.63) is 5.82 Å². The van der Waals surface area contributed by atoms with Gasteiger partial charge in [-0.3, -0.25) is 20.0 Å². The number of aromatic nitrogens is 3. The second-order valence-corrected chi connectivity index (χ2v) is 5.33. The average molecular weight is 265 g/mol. The molecule has 104 valence electrons. The van der Waals surface area contributed by atoms with Gasteiger partial charge in [0.1, 0.15) is 5.82 Å². The number of carbonyl (C=O) groups excluding carboxylic acids is 2. The average Bonchev–Trinajstić information content (AvgIpc) is 2.86. The minimum atomic E-state index is -0.315. The molecule has 2 rings (SSSR count). The van der Waals surface area contributed by atoms with Crippen LogP contribution in [-0.2, 0) is 9.59 Å². The Morgan fingerprint density at radius 1 is 1.58 bits per heavy atom. The van der Waals surface area contributed by atoms with Crippen molar-refractivity contribution in [1.29, 1.82) is 0 Å². The first-order valence-electron chi connectivity index (χ1n) is 6.43. The maximum atomic E-state index is 12.0. The molecule has 0 spiro atoms. The largest absolute Gasteiger partial charge is 0.342 e. The number of carbonyl (C=O) groups is 2. The molecular formula is C12H19N5O2. The molecule has 1 atom stereocenters. The van der Waals surface area contributed by atoms with Gasteiger partial charge >= 0.3 is 0 Å². The van der Waals surface area contributed by atoms with Gasteiger partial charge in [0.2, 0.25) is 17.8 Å². The Morgan fingerprint density at radius 3 is 2.89 bits per heavy atom. The van der Waals surface area contributed by atoms with Crippen LogP contribution in [0.25, 0.3) is 0 Å². The summed E-state index contributed by atoms with van der Waals surface area (Å²) >= 11 is 0. The number of hydrogen-bond acceptors (Lipinski definition) is 4. The number of likely N-dealkylation sites (tertiary alicyclic amines) is 1. The van der Waals surface area contributed by atoms with Crippen molar-refractivity contribution in [3.8, 4) is 0 Å². The molecule has 7 nitrogen and oxygen atoms in total. The Hall–Kier alpha value is -1.92. The molecule has 1 aliphatic heterocycles. The summed E-state index contributed by atoms with van der Waals surface area (Å²) in [5.74, 6) is 0.835. The fourth-order valence-electron chi connectivity index (χ4n) is 2.18. The van der Waals surface area contributed by atoms with Crippen LogP contribution in [0.15, 0.2) is 0 Å². The van der Waals surface area contributed by atoms with Crippen LogP contribution in [0.1, 0.15) is 26.1 Å². The summed E-state index contributed by atoms with van der Waals surface area (Å²) in [4.78, 5) is 29.6. The Morgan fingerprint density at radius 2 is 2.32 bits per heavy atom. The molecule has 0 aliphatic carbocycles. The van der Waals surface area contributed by atoms with Crippen LogP contribution in [0.2, 0.25) is 0 Å². The van der Waals surface area contributed by atoms with Crippen molar-refractivity contribution in [2.24, 2.45) is 11.8 Å². The fraction of sp³-hybridized carbons (Fsp3) is 0.667. The second-order valence-electron chi connectivity index (χ2n) is 5.33. The molecule has 2 N–H and O–H groups in total. The highest BCUT2D eigenvalue weighted by Crippen LogP contribution is 2.20. The fourth-order valence-corrected chi connectivity index (χ4v) is 2.18. The lowest BCUT2D eigenvalue weighted by Gasteiger charge is -2.18. The standard InChI is InChI=1S/C12H19N5O2/c1-7(2)5-17-6-9(4-10(17)18)11(19)14-12-13-8(3)15-16-12/h7,9H,4-6H2,1-3H3,(H2,13,14,15,16,19). The summed E-state index contributed by atoms with van der Waals surface area (Å²) in [6, 6.07) is 0. The van der Waals surface area contributed by atoms with Gasteiger partial charge in [0.25, 0.3) is 0 Å². The number of amides is 2. The predicted octanol–water partition coefficient (Wildman–Crippen LogP) is 0.556. The summed E-state index contributed by atoms with van der Waals surface area (Å²) in [5, 5.41) is 9.13. The maximum absolute atomic E-state index is 12.0. The van der Waals surface area contributed by atoms with Crippen LogP contribution in [-0.4, -0.2) is 45.0 Å². The van der Waals surface area contributed by atoms with Gasteiger partial charge in [-0.15, -0.1) is 5.10 Å². The van der Waals surface area contributed by atoms with E-state index in [1.807, 2.05) is 0 Å². The Labute approximate surface area is 111 Å². The maximum Gasteiger partial charge on any atom is 0.248 e. The highest BCUT2D eigenvalue weighted by molar-refractivity contribution is 5.96. The molecule has 1 unspecified atom stereocenters. The monoisotopic (exact) mass is 265 g/mol.